The van der Waals surface area contributed by atoms with Crippen LogP contribution in [0, 0.1) is 0 Å². The van der Waals surface area contributed by atoms with E-state index in [2.05, 4.69) is 80.8 Å². The Bertz CT molecular complexity index is 1390. The summed E-state index contributed by atoms with van der Waals surface area (Å²) in [5.74, 6) is 0.285. The summed E-state index contributed by atoms with van der Waals surface area (Å²) in [7, 11) is 0. The lowest BCUT2D eigenvalue weighted by molar-refractivity contribution is -0.116. The normalized spacial score (nSPS) is 20.0. The van der Waals surface area contributed by atoms with Gasteiger partial charge in [0.25, 0.3) is 0 Å². The van der Waals surface area contributed by atoms with E-state index in [0.29, 0.717) is 6.42 Å². The second-order valence-corrected chi connectivity index (χ2v) is 9.36. The molecule has 0 spiro atoms. The summed E-state index contributed by atoms with van der Waals surface area (Å²) in [6, 6.07) is 26.9. The third-order valence-electron chi connectivity index (χ3n) is 6.68. The van der Waals surface area contributed by atoms with Crippen LogP contribution < -0.4 is 5.32 Å². The first-order chi connectivity index (χ1) is 15.7. The van der Waals surface area contributed by atoms with E-state index in [-0.39, 0.29) is 17.6 Å². The lowest BCUT2D eigenvalue weighted by atomic mass is 9.71. The molecule has 0 radical (unpaired) electrons. The highest BCUT2D eigenvalue weighted by Gasteiger charge is 2.39. The standard InChI is InChI=1S/C28H21BrN2O/c29-21-11-5-4-9-19(21)27-26-20-10-6-14-30-22(20)12-13-23(26)31-24-15-18(16-25(32)28(24)27)17-7-2-1-3-8-17/h1-14,18,27,31H,15-16H2. The van der Waals surface area contributed by atoms with Crippen molar-refractivity contribution < 1.29 is 4.79 Å². The molecule has 2 heterocycles. The monoisotopic (exact) mass is 480 g/mol. The van der Waals surface area contributed by atoms with Crippen LogP contribution in [-0.2, 0) is 4.79 Å². The molecule has 3 nitrogen and oxygen atoms in total. The van der Waals surface area contributed by atoms with Gasteiger partial charge in [0.1, 0.15) is 0 Å². The average molecular weight is 481 g/mol. The third-order valence-corrected chi connectivity index (χ3v) is 7.41. The molecule has 2 atom stereocenters. The zero-order valence-electron chi connectivity index (χ0n) is 17.4. The van der Waals surface area contributed by atoms with Gasteiger partial charge in [-0.25, -0.2) is 0 Å². The van der Waals surface area contributed by atoms with Crippen LogP contribution in [0.1, 0.15) is 41.4 Å². The fraction of sp³-hybridized carbons (Fsp3) is 0.143. The van der Waals surface area contributed by atoms with Crippen molar-refractivity contribution >= 4 is 38.3 Å². The first-order valence-electron chi connectivity index (χ1n) is 10.9. The van der Waals surface area contributed by atoms with Crippen molar-refractivity contribution in [3.63, 3.8) is 0 Å². The number of pyridine rings is 1. The summed E-state index contributed by atoms with van der Waals surface area (Å²) in [5, 5.41) is 4.74. The van der Waals surface area contributed by atoms with Crippen LogP contribution in [0.15, 0.2) is 101 Å². The van der Waals surface area contributed by atoms with Crippen molar-refractivity contribution in [3.8, 4) is 0 Å². The number of halogens is 1. The molecule has 0 amide bonds. The van der Waals surface area contributed by atoms with E-state index in [0.717, 1.165) is 49.9 Å². The Hall–Kier alpha value is -3.24. The Morgan fingerprint density at radius 3 is 2.53 bits per heavy atom. The van der Waals surface area contributed by atoms with Gasteiger partial charge in [-0.3, -0.25) is 9.78 Å². The molecule has 0 fully saturated rings. The van der Waals surface area contributed by atoms with Gasteiger partial charge in [0.05, 0.1) is 5.52 Å². The maximum Gasteiger partial charge on any atom is 0.162 e. The largest absolute Gasteiger partial charge is 0.358 e. The van der Waals surface area contributed by atoms with E-state index in [1.54, 1.807) is 0 Å². The van der Waals surface area contributed by atoms with Gasteiger partial charge in [-0.05, 0) is 53.3 Å². The second kappa shape index (κ2) is 7.72. The van der Waals surface area contributed by atoms with Crippen LogP contribution in [0.4, 0.5) is 5.69 Å². The van der Waals surface area contributed by atoms with Gasteiger partial charge in [0.15, 0.2) is 5.78 Å². The van der Waals surface area contributed by atoms with Crippen LogP contribution >= 0.6 is 15.9 Å². The molecule has 4 aromatic rings. The zero-order chi connectivity index (χ0) is 21.7. The Kier molecular flexibility index (Phi) is 4.69. The number of carbonyl (C=O) groups excluding carboxylic acids is 1. The number of aromatic nitrogens is 1. The highest BCUT2D eigenvalue weighted by atomic mass is 79.9. The predicted molar refractivity (Wildman–Crippen MR) is 132 cm³/mol. The van der Waals surface area contributed by atoms with Gasteiger partial charge in [0, 0.05) is 45.4 Å². The van der Waals surface area contributed by atoms with Crippen molar-refractivity contribution in [3.05, 3.63) is 117 Å². The molecule has 1 aromatic heterocycles. The molecule has 3 aromatic carbocycles. The highest BCUT2D eigenvalue weighted by Crippen LogP contribution is 2.50. The minimum Gasteiger partial charge on any atom is -0.358 e. The number of rotatable bonds is 2. The lowest BCUT2D eigenvalue weighted by Crippen LogP contribution is -2.30. The molecule has 0 bridgehead atoms. The van der Waals surface area contributed by atoms with Crippen LogP contribution in [0.2, 0.25) is 0 Å². The SMILES string of the molecule is O=C1CC(c2ccccc2)CC2=C1C(c1ccccc1Br)c1c(ccc3ncccc13)N2. The van der Waals surface area contributed by atoms with Gasteiger partial charge >= 0.3 is 0 Å². The lowest BCUT2D eigenvalue weighted by Gasteiger charge is -2.37. The molecule has 1 aliphatic carbocycles. The summed E-state index contributed by atoms with van der Waals surface area (Å²) < 4.78 is 1.02. The summed E-state index contributed by atoms with van der Waals surface area (Å²) in [5.41, 5.74) is 7.42. The maximum atomic E-state index is 13.7. The molecule has 156 valence electrons. The molecule has 2 unspecified atom stereocenters. The number of nitrogens with zero attached hydrogens (tertiary/aromatic N) is 1. The summed E-state index contributed by atoms with van der Waals surface area (Å²) in [4.78, 5) is 18.3. The number of allylic oxidation sites excluding steroid dienone is 2. The molecule has 6 rings (SSSR count). The number of fused-ring (bicyclic) bond motifs is 3. The number of ketones is 1. The molecule has 4 heteroatoms. The van der Waals surface area contributed by atoms with Crippen LogP contribution in [-0.4, -0.2) is 10.8 Å². The number of hydrogen-bond donors (Lipinski definition) is 1. The van der Waals surface area contributed by atoms with E-state index in [1.165, 1.54) is 5.56 Å². The highest BCUT2D eigenvalue weighted by molar-refractivity contribution is 9.10. The molecular weight excluding hydrogens is 460 g/mol. The Labute approximate surface area is 195 Å². The second-order valence-electron chi connectivity index (χ2n) is 8.51. The number of benzene rings is 3. The maximum absolute atomic E-state index is 13.7. The molecule has 2 aliphatic rings. The smallest absolute Gasteiger partial charge is 0.162 e. The van der Waals surface area contributed by atoms with Crippen molar-refractivity contribution in [1.82, 2.24) is 4.98 Å². The third kappa shape index (κ3) is 3.09. The Morgan fingerprint density at radius 2 is 1.69 bits per heavy atom. The van der Waals surface area contributed by atoms with E-state index >= 15 is 0 Å². The van der Waals surface area contributed by atoms with E-state index in [9.17, 15) is 4.79 Å². The van der Waals surface area contributed by atoms with Crippen LogP contribution in [0.5, 0.6) is 0 Å². The van der Waals surface area contributed by atoms with Gasteiger partial charge in [-0.2, -0.15) is 0 Å². The number of carbonyl (C=O) groups is 1. The fourth-order valence-corrected chi connectivity index (χ4v) is 5.78. The minimum atomic E-state index is -0.131. The summed E-state index contributed by atoms with van der Waals surface area (Å²) in [6.07, 6.45) is 3.18. The van der Waals surface area contributed by atoms with Crippen LogP contribution in [0.25, 0.3) is 10.9 Å². The van der Waals surface area contributed by atoms with E-state index < -0.39 is 0 Å². The summed E-state index contributed by atoms with van der Waals surface area (Å²) >= 11 is 3.76. The topological polar surface area (TPSA) is 42.0 Å². The molecule has 0 saturated carbocycles. The number of hydrogen-bond acceptors (Lipinski definition) is 3. The molecule has 1 N–H and O–H groups in total. The molecule has 0 saturated heterocycles. The Balaban J connectivity index is 1.58. The number of anilines is 1. The minimum absolute atomic E-state index is 0.131. The zero-order valence-corrected chi connectivity index (χ0v) is 19.0. The van der Waals surface area contributed by atoms with Crippen molar-refractivity contribution in [2.45, 2.75) is 24.7 Å². The van der Waals surface area contributed by atoms with Crippen LogP contribution in [0.3, 0.4) is 0 Å². The van der Waals surface area contributed by atoms with Crippen molar-refractivity contribution in [2.24, 2.45) is 0 Å². The van der Waals surface area contributed by atoms with Gasteiger partial charge in [0.2, 0.25) is 0 Å². The van der Waals surface area contributed by atoms with Crippen molar-refractivity contribution in [1.29, 1.82) is 0 Å². The first-order valence-corrected chi connectivity index (χ1v) is 11.7. The predicted octanol–water partition coefficient (Wildman–Crippen LogP) is 6.96. The van der Waals surface area contributed by atoms with Crippen molar-refractivity contribution in [2.75, 3.05) is 5.32 Å². The van der Waals surface area contributed by atoms with Gasteiger partial charge in [-0.15, -0.1) is 0 Å². The van der Waals surface area contributed by atoms with E-state index in [4.69, 9.17) is 0 Å². The average Bonchev–Trinajstić information content (AvgIpc) is 2.83. The van der Waals surface area contributed by atoms with Gasteiger partial charge < -0.3 is 5.32 Å². The first kappa shape index (κ1) is 19.4. The van der Waals surface area contributed by atoms with Gasteiger partial charge in [-0.1, -0.05) is 70.5 Å². The summed E-state index contributed by atoms with van der Waals surface area (Å²) in [6.45, 7) is 0. The number of Topliss-reactive ketones (excluding diaryl/α,β-unsaturated/α-hetero) is 1. The quantitative estimate of drug-likeness (QED) is 0.337. The molecule has 32 heavy (non-hydrogen) atoms. The molecule has 1 aliphatic heterocycles. The fourth-order valence-electron chi connectivity index (χ4n) is 5.27. The molecular formula is C28H21BrN2O. The Morgan fingerprint density at radius 1 is 0.875 bits per heavy atom. The number of nitrogens with one attached hydrogen (secondary N) is 1. The van der Waals surface area contributed by atoms with E-state index in [1.807, 2.05) is 30.5 Å².